The molecule has 1 aromatic carbocycles. The Hall–Kier alpha value is -2.84. The Morgan fingerprint density at radius 2 is 1.72 bits per heavy atom. The molecule has 8 heteroatoms. The zero-order chi connectivity index (χ0) is 34.4. The predicted molar refractivity (Wildman–Crippen MR) is 191 cm³/mol. The summed E-state index contributed by atoms with van der Waals surface area (Å²) in [7, 11) is 0. The Kier molecular flexibility index (Phi) is 12.3. The van der Waals surface area contributed by atoms with E-state index in [1.165, 1.54) is 11.1 Å². The van der Waals surface area contributed by atoms with Crippen molar-refractivity contribution in [2.45, 2.75) is 125 Å². The van der Waals surface area contributed by atoms with E-state index < -0.39 is 5.60 Å². The maximum atomic E-state index is 12.8. The van der Waals surface area contributed by atoms with Crippen molar-refractivity contribution in [2.24, 2.45) is 22.7 Å². The maximum absolute atomic E-state index is 12.8. The summed E-state index contributed by atoms with van der Waals surface area (Å²) in [5.74, 6) is 0.573. The maximum Gasteiger partial charge on any atom is 0.333 e. The number of benzene rings is 1. The quantitative estimate of drug-likeness (QED) is 0.127. The number of carbonyl (C=O) groups is 2. The minimum atomic E-state index is -0.686. The average Bonchev–Trinajstić information content (AvgIpc) is 3.48. The molecule has 0 bridgehead atoms. The number of hydrogen-bond acceptors (Lipinski definition) is 6. The molecule has 0 radical (unpaired) electrons. The van der Waals surface area contributed by atoms with Crippen molar-refractivity contribution in [1.29, 1.82) is 0 Å². The molecule has 2 aromatic rings. The highest BCUT2D eigenvalue weighted by Crippen LogP contribution is 2.62. The smallest absolute Gasteiger partial charge is 0.333 e. The first-order valence-electron chi connectivity index (χ1n) is 17.2. The van der Waals surface area contributed by atoms with Crippen LogP contribution in [0.1, 0.15) is 118 Å². The summed E-state index contributed by atoms with van der Waals surface area (Å²) in [6.45, 7) is 14.8. The number of ketones is 1. The third kappa shape index (κ3) is 9.20. The fourth-order valence-corrected chi connectivity index (χ4v) is 8.56. The van der Waals surface area contributed by atoms with Gasteiger partial charge in [0.2, 0.25) is 0 Å². The number of ether oxygens (including phenoxy) is 1. The first-order chi connectivity index (χ1) is 22.1. The lowest BCUT2D eigenvalue weighted by molar-refractivity contribution is -0.177. The third-order valence-electron chi connectivity index (χ3n) is 11.0. The van der Waals surface area contributed by atoms with Crippen LogP contribution < -0.4 is 0 Å². The van der Waals surface area contributed by atoms with Crippen molar-refractivity contribution < 1.29 is 19.4 Å². The average molecular weight is 709 g/mol. The van der Waals surface area contributed by atoms with Crippen LogP contribution in [0.5, 0.6) is 0 Å². The number of hydrogen-bond donors (Lipinski definition) is 1. The van der Waals surface area contributed by atoms with Gasteiger partial charge in [-0.25, -0.2) is 9.48 Å². The van der Waals surface area contributed by atoms with Gasteiger partial charge in [-0.3, -0.25) is 4.79 Å². The molecule has 2 aliphatic rings. The molecular weight excluding hydrogens is 654 g/mol. The second-order valence-electron chi connectivity index (χ2n) is 15.0. The number of aromatic nitrogens is 3. The number of halogens is 1. The zero-order valence-corrected chi connectivity index (χ0v) is 31.0. The minimum absolute atomic E-state index is 0.00759. The number of fused-ring (bicyclic) bond motifs is 1. The van der Waals surface area contributed by atoms with Gasteiger partial charge in [-0.2, -0.15) is 0 Å². The van der Waals surface area contributed by atoms with Gasteiger partial charge in [0.25, 0.3) is 0 Å². The van der Waals surface area contributed by atoms with Crippen molar-refractivity contribution in [3.8, 4) is 5.69 Å². The minimum Gasteiger partial charge on any atom is -0.456 e. The Morgan fingerprint density at radius 1 is 1.04 bits per heavy atom. The van der Waals surface area contributed by atoms with Crippen LogP contribution in [0.2, 0.25) is 0 Å². The van der Waals surface area contributed by atoms with Gasteiger partial charge in [0, 0.05) is 21.9 Å². The molecule has 2 saturated carbocycles. The van der Waals surface area contributed by atoms with E-state index in [0.717, 1.165) is 67.9 Å². The Morgan fingerprint density at radius 3 is 2.43 bits per heavy atom. The SMILES string of the molecule is C/C(=C\CC/C(C)=C/CC[C@@H]1[C@@]2(C)CCC(=O)C(C)(C)[C@H]2CC[C@@]1(C)O)CC/C=C(\C)C(=O)OCc1cn(-c2cccc(Br)c2)nn1. The van der Waals surface area contributed by atoms with E-state index in [4.69, 9.17) is 4.74 Å². The van der Waals surface area contributed by atoms with Gasteiger partial charge >= 0.3 is 5.97 Å². The van der Waals surface area contributed by atoms with Gasteiger partial charge in [0.15, 0.2) is 0 Å². The number of rotatable bonds is 13. The van der Waals surface area contributed by atoms with Crippen molar-refractivity contribution in [3.05, 3.63) is 75.6 Å². The van der Waals surface area contributed by atoms with Gasteiger partial charge in [0.05, 0.1) is 17.5 Å². The van der Waals surface area contributed by atoms with Crippen molar-refractivity contribution >= 4 is 27.7 Å². The summed E-state index contributed by atoms with van der Waals surface area (Å²) < 4.78 is 8.06. The monoisotopic (exact) mass is 707 g/mol. The third-order valence-corrected chi connectivity index (χ3v) is 11.5. The van der Waals surface area contributed by atoms with Crippen LogP contribution in [-0.4, -0.2) is 37.5 Å². The number of nitrogens with zero attached hydrogens (tertiary/aromatic N) is 3. The summed E-state index contributed by atoms with van der Waals surface area (Å²) in [6.07, 6.45) is 17.1. The van der Waals surface area contributed by atoms with E-state index in [2.05, 4.69) is 73.0 Å². The van der Waals surface area contributed by atoms with Crippen molar-refractivity contribution in [1.82, 2.24) is 15.0 Å². The lowest BCUT2D eigenvalue weighted by Crippen LogP contribution is -2.59. The van der Waals surface area contributed by atoms with Crippen LogP contribution in [-0.2, 0) is 20.9 Å². The molecule has 0 saturated heterocycles. The molecule has 0 unspecified atom stereocenters. The second kappa shape index (κ2) is 15.6. The van der Waals surface area contributed by atoms with Crippen LogP contribution in [0.15, 0.2) is 69.9 Å². The van der Waals surface area contributed by atoms with Crippen LogP contribution >= 0.6 is 15.9 Å². The summed E-state index contributed by atoms with van der Waals surface area (Å²) in [6, 6.07) is 7.74. The number of esters is 1. The Bertz CT molecular complexity index is 1520. The molecule has 1 N–H and O–H groups in total. The van der Waals surface area contributed by atoms with Gasteiger partial charge in [-0.15, -0.1) is 5.10 Å². The molecule has 1 heterocycles. The molecule has 2 aliphatic carbocycles. The van der Waals surface area contributed by atoms with E-state index in [1.807, 2.05) is 37.3 Å². The molecule has 4 rings (SSSR count). The zero-order valence-electron chi connectivity index (χ0n) is 29.4. The molecule has 0 spiro atoms. The Balaban J connectivity index is 1.18. The van der Waals surface area contributed by atoms with Gasteiger partial charge in [0.1, 0.15) is 18.1 Å². The molecule has 256 valence electrons. The molecule has 2 fully saturated rings. The summed E-state index contributed by atoms with van der Waals surface area (Å²) in [4.78, 5) is 25.3. The van der Waals surface area contributed by atoms with Crippen LogP contribution in [0.25, 0.3) is 5.69 Å². The van der Waals surface area contributed by atoms with Gasteiger partial charge in [-0.05, 0) is 121 Å². The van der Waals surface area contributed by atoms with E-state index in [-0.39, 0.29) is 29.3 Å². The molecule has 0 amide bonds. The van der Waals surface area contributed by atoms with Gasteiger partial charge in [-0.1, -0.05) is 77.4 Å². The standard InChI is InChI=1S/C39H54BrN3O4/c1-27(14-9-16-29(3)36(45)47-26-31-25-43(42-41-31)32-18-11-17-30(40)24-32)12-8-13-28(2)15-10-19-34-38(6)22-21-35(44)37(4,5)33(38)20-23-39(34,7)46/h11-12,15-18,24-25,33-34,46H,8-10,13-14,19-23,26H2,1-7H3/b27-12+,28-15+,29-16+/t33-,34-,38+,39-/m1/s1. The van der Waals surface area contributed by atoms with Crippen LogP contribution in [0.4, 0.5) is 0 Å². The second-order valence-corrected chi connectivity index (χ2v) is 15.9. The first kappa shape index (κ1) is 37.0. The van der Waals surface area contributed by atoms with Gasteiger partial charge < -0.3 is 9.84 Å². The fraction of sp³-hybridized carbons (Fsp3) is 0.590. The molecule has 0 aliphatic heterocycles. The van der Waals surface area contributed by atoms with Crippen molar-refractivity contribution in [2.75, 3.05) is 0 Å². The van der Waals surface area contributed by atoms with Crippen molar-refractivity contribution in [3.63, 3.8) is 0 Å². The lowest BCUT2D eigenvalue weighted by Gasteiger charge is -2.60. The van der Waals surface area contributed by atoms with E-state index in [0.29, 0.717) is 29.4 Å². The molecule has 4 atom stereocenters. The summed E-state index contributed by atoms with van der Waals surface area (Å²) in [5.41, 5.74) is 3.74. The highest BCUT2D eigenvalue weighted by atomic mass is 79.9. The van der Waals surface area contributed by atoms with E-state index >= 15 is 0 Å². The van der Waals surface area contributed by atoms with E-state index in [9.17, 15) is 14.7 Å². The number of Topliss-reactive ketones (excluding diaryl/α,β-unsaturated/α-hetero) is 1. The summed E-state index contributed by atoms with van der Waals surface area (Å²) >= 11 is 3.46. The topological polar surface area (TPSA) is 94.3 Å². The number of allylic oxidation sites excluding steroid dienone is 5. The lowest BCUT2D eigenvalue weighted by atomic mass is 9.45. The van der Waals surface area contributed by atoms with E-state index in [1.54, 1.807) is 17.8 Å². The molecular formula is C39H54BrN3O4. The predicted octanol–water partition coefficient (Wildman–Crippen LogP) is 9.43. The Labute approximate surface area is 290 Å². The number of carbonyl (C=O) groups excluding carboxylic acids is 2. The molecule has 1 aromatic heterocycles. The van der Waals surface area contributed by atoms with Crippen LogP contribution in [0.3, 0.4) is 0 Å². The highest BCUT2D eigenvalue weighted by molar-refractivity contribution is 9.10. The normalized spacial score (nSPS) is 26.7. The molecule has 47 heavy (non-hydrogen) atoms. The molecule has 7 nitrogen and oxygen atoms in total. The summed E-state index contributed by atoms with van der Waals surface area (Å²) in [5, 5.41) is 19.7. The largest absolute Gasteiger partial charge is 0.456 e. The van der Waals surface area contributed by atoms with Crippen LogP contribution in [0, 0.1) is 22.7 Å². The number of aliphatic hydroxyl groups is 1. The highest BCUT2D eigenvalue weighted by Gasteiger charge is 2.59. The first-order valence-corrected chi connectivity index (χ1v) is 18.0. The fourth-order valence-electron chi connectivity index (χ4n) is 8.18.